The third-order valence-electron chi connectivity index (χ3n) is 7.60. The van der Waals surface area contributed by atoms with E-state index in [1.54, 1.807) is 0 Å². The van der Waals surface area contributed by atoms with E-state index < -0.39 is 0 Å². The number of pyridine rings is 2. The first-order chi connectivity index (χ1) is 19.8. The van der Waals surface area contributed by atoms with Gasteiger partial charge in [0.1, 0.15) is 11.5 Å². The van der Waals surface area contributed by atoms with E-state index in [4.69, 9.17) is 19.4 Å². The SMILES string of the molecule is c1cc2nc(c1)-c1cccc(n1)CCCc1ccc(cc1)OCCCCCCCCOc1ccc(cc1)CCC2. The highest BCUT2D eigenvalue weighted by molar-refractivity contribution is 5.54. The van der Waals surface area contributed by atoms with E-state index in [0.29, 0.717) is 0 Å². The van der Waals surface area contributed by atoms with Gasteiger partial charge < -0.3 is 9.47 Å². The summed E-state index contributed by atoms with van der Waals surface area (Å²) in [5.74, 6) is 1.94. The number of aryl methyl sites for hydroxylation is 4. The topological polar surface area (TPSA) is 44.2 Å². The molecule has 0 fully saturated rings. The average Bonchev–Trinajstić information content (AvgIpc) is 2.99. The summed E-state index contributed by atoms with van der Waals surface area (Å²) in [4.78, 5) is 9.89. The molecule has 4 aliphatic heterocycles. The van der Waals surface area contributed by atoms with Crippen LogP contribution in [0.15, 0.2) is 84.9 Å². The number of ether oxygens (including phenoxy) is 2. The number of hydrogen-bond acceptors (Lipinski definition) is 4. The predicted molar refractivity (Wildman–Crippen MR) is 163 cm³/mol. The zero-order valence-corrected chi connectivity index (χ0v) is 23.7. The first-order valence-corrected chi connectivity index (χ1v) is 15.2. The van der Waals surface area contributed by atoms with Crippen molar-refractivity contribution in [2.45, 2.75) is 77.0 Å². The Kier molecular flexibility index (Phi) is 10.6. The average molecular weight is 535 g/mol. The zero-order chi connectivity index (χ0) is 27.2. The molecule has 4 nitrogen and oxygen atoms in total. The molecule has 2 aromatic heterocycles. The Morgan fingerprint density at radius 3 is 1.27 bits per heavy atom. The maximum Gasteiger partial charge on any atom is 0.119 e. The van der Waals surface area contributed by atoms with Crippen molar-refractivity contribution in [3.05, 3.63) is 107 Å². The van der Waals surface area contributed by atoms with Crippen molar-refractivity contribution >= 4 is 0 Å². The standard InChI is InChI=1S/C36H42N2O2/c1-2-4-6-28-40-34-25-21-30(22-26-34)12-8-14-32-16-10-18-36(38-32)35-17-9-15-31(37-35)13-7-11-29-19-23-33(24-20-29)39-27-5-3-1/h9-10,15-26H,1-8,11-14,27-28H2. The fraction of sp³-hybridized carbons (Fsp3) is 0.389. The van der Waals surface area contributed by atoms with Crippen LogP contribution in [0, 0.1) is 0 Å². The first-order valence-electron chi connectivity index (χ1n) is 15.2. The lowest BCUT2D eigenvalue weighted by atomic mass is 10.1. The fourth-order valence-corrected chi connectivity index (χ4v) is 5.27. The molecule has 0 amide bonds. The van der Waals surface area contributed by atoms with Gasteiger partial charge in [0.15, 0.2) is 0 Å². The summed E-state index contributed by atoms with van der Waals surface area (Å²) in [6.07, 6.45) is 13.3. The van der Waals surface area contributed by atoms with E-state index in [2.05, 4.69) is 84.9 Å². The fourth-order valence-electron chi connectivity index (χ4n) is 5.27. The van der Waals surface area contributed by atoms with Gasteiger partial charge in [-0.05, 0) is 111 Å². The Morgan fingerprint density at radius 2 is 0.825 bits per heavy atom. The lowest BCUT2D eigenvalue weighted by Gasteiger charge is -2.09. The quantitative estimate of drug-likeness (QED) is 0.227. The van der Waals surface area contributed by atoms with Crippen LogP contribution in [0.4, 0.5) is 0 Å². The van der Waals surface area contributed by atoms with E-state index in [0.717, 1.165) is 98.9 Å². The summed E-state index contributed by atoms with van der Waals surface area (Å²) in [5.41, 5.74) is 6.84. The van der Waals surface area contributed by atoms with Gasteiger partial charge in [-0.2, -0.15) is 0 Å². The van der Waals surface area contributed by atoms with E-state index in [1.807, 2.05) is 0 Å². The van der Waals surface area contributed by atoms with Gasteiger partial charge in [0.25, 0.3) is 0 Å². The second kappa shape index (κ2) is 15.2. The molecule has 8 rings (SSSR count). The van der Waals surface area contributed by atoms with Crippen LogP contribution in [0.25, 0.3) is 11.4 Å². The van der Waals surface area contributed by atoms with Crippen LogP contribution in [0.5, 0.6) is 11.5 Å². The Morgan fingerprint density at radius 1 is 0.400 bits per heavy atom. The first kappa shape index (κ1) is 27.9. The van der Waals surface area contributed by atoms with Crippen LogP contribution in [-0.4, -0.2) is 23.2 Å². The summed E-state index contributed by atoms with van der Waals surface area (Å²) >= 11 is 0. The summed E-state index contributed by atoms with van der Waals surface area (Å²) in [6, 6.07) is 29.8. The monoisotopic (exact) mass is 534 g/mol. The zero-order valence-electron chi connectivity index (χ0n) is 23.7. The smallest absolute Gasteiger partial charge is 0.119 e. The lowest BCUT2D eigenvalue weighted by Crippen LogP contribution is -1.99. The highest BCUT2D eigenvalue weighted by Crippen LogP contribution is 2.20. The van der Waals surface area contributed by atoms with Crippen molar-refractivity contribution in [1.82, 2.24) is 9.97 Å². The van der Waals surface area contributed by atoms with E-state index in [1.165, 1.54) is 36.8 Å². The van der Waals surface area contributed by atoms with E-state index >= 15 is 0 Å². The molecule has 6 heterocycles. The number of hydrogen-bond donors (Lipinski definition) is 0. The van der Waals surface area contributed by atoms with Gasteiger partial charge in [0.2, 0.25) is 0 Å². The Labute approximate surface area is 239 Å². The summed E-state index contributed by atoms with van der Waals surface area (Å²) < 4.78 is 12.0. The number of benzene rings is 2. The Balaban J connectivity index is 1.22. The number of nitrogens with zero attached hydrogens (tertiary/aromatic N) is 2. The molecule has 4 aromatic rings. The third-order valence-corrected chi connectivity index (χ3v) is 7.60. The highest BCUT2D eigenvalue weighted by atomic mass is 16.5. The van der Waals surface area contributed by atoms with E-state index in [9.17, 15) is 0 Å². The van der Waals surface area contributed by atoms with Gasteiger partial charge >= 0.3 is 0 Å². The van der Waals surface area contributed by atoms with Gasteiger partial charge in [0.05, 0.1) is 24.6 Å². The minimum absolute atomic E-state index is 0.790. The molecule has 2 aromatic carbocycles. The Hall–Kier alpha value is -3.66. The molecule has 8 bridgehead atoms. The van der Waals surface area contributed by atoms with Gasteiger partial charge in [-0.1, -0.05) is 62.1 Å². The molecule has 0 spiro atoms. The maximum absolute atomic E-state index is 5.98. The third kappa shape index (κ3) is 8.94. The van der Waals surface area contributed by atoms with Gasteiger partial charge in [0, 0.05) is 11.4 Å². The van der Waals surface area contributed by atoms with Crippen molar-refractivity contribution in [2.75, 3.05) is 13.2 Å². The highest BCUT2D eigenvalue weighted by Gasteiger charge is 2.06. The minimum atomic E-state index is 0.790. The number of aromatic nitrogens is 2. The van der Waals surface area contributed by atoms with Crippen molar-refractivity contribution in [3.8, 4) is 22.9 Å². The largest absolute Gasteiger partial charge is 0.494 e. The maximum atomic E-state index is 5.98. The van der Waals surface area contributed by atoms with Gasteiger partial charge in [-0.15, -0.1) is 0 Å². The molecule has 0 saturated heterocycles. The van der Waals surface area contributed by atoms with Crippen molar-refractivity contribution in [1.29, 1.82) is 0 Å². The van der Waals surface area contributed by atoms with Gasteiger partial charge in [-0.3, -0.25) is 9.97 Å². The molecular weight excluding hydrogens is 492 g/mol. The normalized spacial score (nSPS) is 16.0. The van der Waals surface area contributed by atoms with E-state index in [-0.39, 0.29) is 0 Å². The molecule has 4 heteroatoms. The second-order valence-corrected chi connectivity index (χ2v) is 10.8. The molecule has 0 aliphatic carbocycles. The molecular formula is C36H42N2O2. The molecule has 0 unspecified atom stereocenters. The molecule has 0 N–H and O–H groups in total. The molecule has 208 valence electrons. The van der Waals surface area contributed by atoms with Crippen molar-refractivity contribution in [2.24, 2.45) is 0 Å². The molecule has 4 aliphatic rings. The summed E-state index contributed by atoms with van der Waals surface area (Å²) in [7, 11) is 0. The van der Waals surface area contributed by atoms with Crippen LogP contribution in [-0.2, 0) is 25.7 Å². The Bertz CT molecular complexity index is 1200. The summed E-state index contributed by atoms with van der Waals surface area (Å²) in [5, 5.41) is 0. The predicted octanol–water partition coefficient (Wildman–Crippen LogP) is 8.61. The second-order valence-electron chi connectivity index (χ2n) is 10.8. The molecule has 0 atom stereocenters. The van der Waals surface area contributed by atoms with Crippen LogP contribution >= 0.6 is 0 Å². The van der Waals surface area contributed by atoms with Crippen molar-refractivity contribution < 1.29 is 9.47 Å². The summed E-state index contributed by atoms with van der Waals surface area (Å²) in [6.45, 7) is 1.58. The molecule has 0 saturated carbocycles. The lowest BCUT2D eigenvalue weighted by molar-refractivity contribution is 0.297. The van der Waals surface area contributed by atoms with Crippen molar-refractivity contribution in [3.63, 3.8) is 0 Å². The molecule has 40 heavy (non-hydrogen) atoms. The van der Waals surface area contributed by atoms with Crippen LogP contribution in [0.1, 0.15) is 73.9 Å². The van der Waals surface area contributed by atoms with Crippen LogP contribution in [0.2, 0.25) is 0 Å². The van der Waals surface area contributed by atoms with Gasteiger partial charge in [-0.25, -0.2) is 0 Å². The minimum Gasteiger partial charge on any atom is -0.494 e. The number of rotatable bonds is 0. The van der Waals surface area contributed by atoms with Crippen LogP contribution in [0.3, 0.4) is 0 Å². The van der Waals surface area contributed by atoms with Crippen LogP contribution < -0.4 is 9.47 Å². The molecule has 0 radical (unpaired) electrons.